The maximum absolute atomic E-state index is 12.2. The van der Waals surface area contributed by atoms with Gasteiger partial charge in [0.05, 0.1) is 19.8 Å². The molecule has 4 rings (SSSR count). The van der Waals surface area contributed by atoms with Gasteiger partial charge in [0.1, 0.15) is 6.29 Å². The van der Waals surface area contributed by atoms with E-state index in [9.17, 15) is 38.4 Å². The molecular formula is C44H60N4O9. The SMILES string of the molecule is CC.CC1CCC(=O)NC1=O.CC1CCC(=O)NC1=O.CCc1c(C=O)cccc1/C=C/C(=O)NCCOCCNCC(=O)/C=C/c1cccc(C(C)=O)c1CC. The van der Waals surface area contributed by atoms with Gasteiger partial charge in [-0.1, -0.05) is 84.0 Å². The van der Waals surface area contributed by atoms with Crippen molar-refractivity contribution in [1.82, 2.24) is 21.3 Å². The molecule has 2 aromatic rings. The molecule has 57 heavy (non-hydrogen) atoms. The lowest BCUT2D eigenvalue weighted by atomic mass is 9.96. The summed E-state index contributed by atoms with van der Waals surface area (Å²) in [6.07, 6.45) is 11.1. The van der Waals surface area contributed by atoms with Crippen molar-refractivity contribution in [3.63, 3.8) is 0 Å². The molecule has 13 nitrogen and oxygen atoms in total. The molecule has 310 valence electrons. The van der Waals surface area contributed by atoms with Gasteiger partial charge >= 0.3 is 0 Å². The van der Waals surface area contributed by atoms with Crippen molar-refractivity contribution in [1.29, 1.82) is 0 Å². The highest BCUT2D eigenvalue weighted by atomic mass is 16.5. The Hall–Kier alpha value is -5.40. The quantitative estimate of drug-likeness (QED) is 0.0592. The van der Waals surface area contributed by atoms with Gasteiger partial charge < -0.3 is 15.4 Å². The lowest BCUT2D eigenvalue weighted by Crippen LogP contribution is -2.39. The fourth-order valence-electron chi connectivity index (χ4n) is 5.56. The molecule has 2 aliphatic rings. The van der Waals surface area contributed by atoms with Crippen LogP contribution in [0.2, 0.25) is 0 Å². The maximum Gasteiger partial charge on any atom is 0.244 e. The number of hydrogen-bond acceptors (Lipinski definition) is 10. The van der Waals surface area contributed by atoms with E-state index in [4.69, 9.17) is 4.74 Å². The Kier molecular flexibility index (Phi) is 24.4. The molecule has 13 heteroatoms. The number of rotatable bonds is 16. The highest BCUT2D eigenvalue weighted by molar-refractivity contribution is 6.00. The van der Waals surface area contributed by atoms with Crippen molar-refractivity contribution in [3.05, 3.63) is 81.9 Å². The molecule has 2 atom stereocenters. The summed E-state index contributed by atoms with van der Waals surface area (Å²) in [5, 5.41) is 10.3. The summed E-state index contributed by atoms with van der Waals surface area (Å²) in [7, 11) is 0. The molecule has 0 saturated carbocycles. The molecule has 2 unspecified atom stereocenters. The Morgan fingerprint density at radius 3 is 1.77 bits per heavy atom. The van der Waals surface area contributed by atoms with Gasteiger partial charge in [0.15, 0.2) is 11.6 Å². The van der Waals surface area contributed by atoms with E-state index in [1.807, 2.05) is 65.8 Å². The predicted octanol–water partition coefficient (Wildman–Crippen LogP) is 4.99. The third-order valence-corrected chi connectivity index (χ3v) is 8.83. The number of carbonyl (C=O) groups excluding carboxylic acids is 8. The summed E-state index contributed by atoms with van der Waals surface area (Å²) >= 11 is 0. The van der Waals surface area contributed by atoms with Crippen molar-refractivity contribution in [3.8, 4) is 0 Å². The lowest BCUT2D eigenvalue weighted by Gasteiger charge is -2.15. The Morgan fingerprint density at radius 2 is 1.26 bits per heavy atom. The molecule has 0 aliphatic carbocycles. The first kappa shape index (κ1) is 49.6. The van der Waals surface area contributed by atoms with E-state index in [1.165, 1.54) is 12.2 Å². The number of aldehydes is 1. The van der Waals surface area contributed by atoms with Crippen LogP contribution in [0.25, 0.3) is 12.2 Å². The average Bonchev–Trinajstić information content (AvgIpc) is 3.21. The summed E-state index contributed by atoms with van der Waals surface area (Å²) in [4.78, 5) is 89.5. The number of carbonyl (C=O) groups is 8. The Bertz CT molecular complexity index is 1710. The van der Waals surface area contributed by atoms with Gasteiger partial charge in [-0.2, -0.15) is 0 Å². The highest BCUT2D eigenvalue weighted by Crippen LogP contribution is 2.18. The molecule has 2 aliphatic heterocycles. The number of ketones is 2. The minimum absolute atomic E-state index is 0.0164. The van der Waals surface area contributed by atoms with Crippen molar-refractivity contribution in [2.45, 2.75) is 87.0 Å². The Labute approximate surface area is 336 Å². The first-order valence-electron chi connectivity index (χ1n) is 19.6. The van der Waals surface area contributed by atoms with Crippen LogP contribution in [0.5, 0.6) is 0 Å². The number of nitrogens with one attached hydrogen (secondary N) is 4. The third-order valence-electron chi connectivity index (χ3n) is 8.83. The van der Waals surface area contributed by atoms with Crippen molar-refractivity contribution in [2.24, 2.45) is 11.8 Å². The maximum atomic E-state index is 12.2. The molecule has 0 aromatic heterocycles. The van der Waals surface area contributed by atoms with Gasteiger partial charge in [-0.15, -0.1) is 0 Å². The third kappa shape index (κ3) is 18.9. The van der Waals surface area contributed by atoms with Crippen LogP contribution in [-0.4, -0.2) is 80.2 Å². The minimum atomic E-state index is -0.238. The lowest BCUT2D eigenvalue weighted by molar-refractivity contribution is -0.137. The molecular weight excluding hydrogens is 729 g/mol. The van der Waals surface area contributed by atoms with Crippen LogP contribution >= 0.6 is 0 Å². The van der Waals surface area contributed by atoms with E-state index < -0.39 is 0 Å². The molecule has 0 spiro atoms. The monoisotopic (exact) mass is 788 g/mol. The second kappa shape index (κ2) is 28.1. The Morgan fingerprint density at radius 1 is 0.754 bits per heavy atom. The van der Waals surface area contributed by atoms with Gasteiger partial charge in [0.25, 0.3) is 0 Å². The summed E-state index contributed by atoms with van der Waals surface area (Å²) in [6.45, 7) is 14.9. The topological polar surface area (TPSA) is 194 Å². The number of amides is 5. The molecule has 2 aromatic carbocycles. The van der Waals surface area contributed by atoms with Crippen LogP contribution in [-0.2, 0) is 46.3 Å². The van der Waals surface area contributed by atoms with Crippen LogP contribution in [0.15, 0.2) is 48.6 Å². The zero-order chi connectivity index (χ0) is 42.8. The van der Waals surface area contributed by atoms with Gasteiger partial charge in [-0.25, -0.2) is 0 Å². The largest absolute Gasteiger partial charge is 0.378 e. The summed E-state index contributed by atoms with van der Waals surface area (Å²) in [5.74, 6) is -0.806. The first-order chi connectivity index (χ1) is 27.3. The van der Waals surface area contributed by atoms with Crippen molar-refractivity contribution < 1.29 is 43.1 Å². The first-order valence-corrected chi connectivity index (χ1v) is 19.6. The van der Waals surface area contributed by atoms with Crippen molar-refractivity contribution >= 4 is 59.5 Å². The number of Topliss-reactive ketones (excluding diaryl/α,β-unsaturated/α-hetero) is 1. The normalized spacial score (nSPS) is 16.2. The minimum Gasteiger partial charge on any atom is -0.378 e. The summed E-state index contributed by atoms with van der Waals surface area (Å²) < 4.78 is 5.49. The van der Waals surface area contributed by atoms with Crippen LogP contribution in [0.4, 0.5) is 0 Å². The highest BCUT2D eigenvalue weighted by Gasteiger charge is 2.22. The molecule has 2 heterocycles. The Balaban J connectivity index is 0.000000654. The fourth-order valence-corrected chi connectivity index (χ4v) is 5.56. The molecule has 0 bridgehead atoms. The van der Waals surface area contributed by atoms with Gasteiger partial charge in [-0.05, 0) is 67.0 Å². The molecule has 4 N–H and O–H groups in total. The second-order valence-electron chi connectivity index (χ2n) is 13.1. The standard InChI is InChI=1S/C30H36N2O5.2C6H9NO2.C2H6/c1-4-27-23(8-6-10-25(27)21-33)13-15-30(36)32-17-19-37-18-16-31-20-26(35)14-12-24-9-7-11-29(22(3)34)28(24)5-2;2*1-4-2-3-5(8)7-6(4)9;1-2/h6-15,21,31H,4-5,16-20H2,1-3H3,(H,32,36);2*4H,2-3H2,1H3,(H,7,8,9);1-2H3/b14-12+,15-13+;;;. The molecule has 5 amide bonds. The van der Waals surface area contributed by atoms with Crippen LogP contribution in [0.3, 0.4) is 0 Å². The second-order valence-corrected chi connectivity index (χ2v) is 13.1. The van der Waals surface area contributed by atoms with Gasteiger partial charge in [-0.3, -0.25) is 49.0 Å². The van der Waals surface area contributed by atoms with Gasteiger partial charge in [0, 0.05) is 55.0 Å². The zero-order valence-corrected chi connectivity index (χ0v) is 34.5. The van der Waals surface area contributed by atoms with Gasteiger partial charge in [0.2, 0.25) is 29.5 Å². The van der Waals surface area contributed by atoms with Crippen LogP contribution < -0.4 is 21.3 Å². The average molecular weight is 789 g/mol. The van der Waals surface area contributed by atoms with Crippen LogP contribution in [0.1, 0.15) is 117 Å². The van der Waals surface area contributed by atoms with E-state index in [1.54, 1.807) is 31.2 Å². The molecule has 0 radical (unpaired) electrons. The number of piperidine rings is 2. The zero-order valence-electron chi connectivity index (χ0n) is 34.5. The molecule has 2 saturated heterocycles. The molecule has 2 fully saturated rings. The van der Waals surface area contributed by atoms with Crippen molar-refractivity contribution in [2.75, 3.05) is 32.8 Å². The fraction of sp³-hybridized carbons (Fsp3) is 0.455. The number of hydrogen-bond donors (Lipinski definition) is 4. The summed E-state index contributed by atoms with van der Waals surface area (Å²) in [5.41, 5.74) is 4.91. The number of ether oxygens (including phenoxy) is 1. The van der Waals surface area contributed by atoms with E-state index in [-0.39, 0.29) is 59.5 Å². The number of imide groups is 2. The van der Waals surface area contributed by atoms with E-state index >= 15 is 0 Å². The predicted molar refractivity (Wildman–Crippen MR) is 221 cm³/mol. The van der Waals surface area contributed by atoms with E-state index in [0.29, 0.717) is 76.0 Å². The smallest absolute Gasteiger partial charge is 0.244 e. The van der Waals surface area contributed by atoms with E-state index in [2.05, 4.69) is 21.3 Å². The van der Waals surface area contributed by atoms with E-state index in [0.717, 1.165) is 28.5 Å². The number of benzene rings is 2. The summed E-state index contributed by atoms with van der Waals surface area (Å²) in [6, 6.07) is 11.0. The van der Waals surface area contributed by atoms with Crippen LogP contribution in [0, 0.1) is 11.8 Å².